The highest BCUT2D eigenvalue weighted by Crippen LogP contribution is 2.37. The van der Waals surface area contributed by atoms with Crippen LogP contribution in [0.2, 0.25) is 18.1 Å². The van der Waals surface area contributed by atoms with E-state index in [2.05, 4.69) is 40.8 Å². The molecule has 37 heavy (non-hydrogen) atoms. The summed E-state index contributed by atoms with van der Waals surface area (Å²) in [7, 11) is -1.86. The molecule has 214 valence electrons. The zero-order valence-corrected chi connectivity index (χ0v) is 26.0. The van der Waals surface area contributed by atoms with Crippen LogP contribution in [0.5, 0.6) is 5.75 Å². The minimum Gasteiger partial charge on any atom is -0.544 e. The minimum atomic E-state index is -1.86. The van der Waals surface area contributed by atoms with Crippen LogP contribution in [-0.2, 0) is 11.2 Å². The highest BCUT2D eigenvalue weighted by Gasteiger charge is 2.38. The van der Waals surface area contributed by atoms with Crippen LogP contribution in [0.1, 0.15) is 130 Å². The Morgan fingerprint density at radius 3 is 1.86 bits per heavy atom. The summed E-state index contributed by atoms with van der Waals surface area (Å²) in [5, 5.41) is 20.7. The number of aryl methyl sites for hydroxylation is 1. The SMILES string of the molecule is CCCCCCCCCCCCC[C@@H](O)C[C@H](O)CC(=O)CCc1ccc(O[Si](C)(C)C(C)(C)C)cc1. The largest absolute Gasteiger partial charge is 0.544 e. The van der Waals surface area contributed by atoms with Gasteiger partial charge in [-0.15, -0.1) is 0 Å². The van der Waals surface area contributed by atoms with Gasteiger partial charge in [0.25, 0.3) is 0 Å². The molecule has 0 fully saturated rings. The topological polar surface area (TPSA) is 66.8 Å². The van der Waals surface area contributed by atoms with Gasteiger partial charge in [0, 0.05) is 12.8 Å². The molecule has 0 aromatic heterocycles. The van der Waals surface area contributed by atoms with Gasteiger partial charge < -0.3 is 14.6 Å². The number of hydrogen-bond donors (Lipinski definition) is 2. The molecule has 0 radical (unpaired) electrons. The van der Waals surface area contributed by atoms with Crippen LogP contribution in [0.25, 0.3) is 0 Å². The Kier molecular flexibility index (Phi) is 16.6. The van der Waals surface area contributed by atoms with Gasteiger partial charge in [-0.2, -0.15) is 0 Å². The van der Waals surface area contributed by atoms with Crippen molar-refractivity contribution in [3.8, 4) is 5.75 Å². The van der Waals surface area contributed by atoms with Crippen LogP contribution in [0.15, 0.2) is 24.3 Å². The molecular formula is C32H58O4Si. The van der Waals surface area contributed by atoms with Gasteiger partial charge in [0.05, 0.1) is 12.2 Å². The fraction of sp³-hybridized carbons (Fsp3) is 0.781. The number of unbranched alkanes of at least 4 members (excludes halogenated alkanes) is 10. The van der Waals surface area contributed by atoms with E-state index >= 15 is 0 Å². The number of hydrogen-bond acceptors (Lipinski definition) is 4. The van der Waals surface area contributed by atoms with Gasteiger partial charge in [0.15, 0.2) is 0 Å². The maximum absolute atomic E-state index is 12.4. The first-order valence-corrected chi connectivity index (χ1v) is 18.0. The molecule has 1 rings (SSSR count). The standard InChI is InChI=1S/C32H58O4Si/c1-7-8-9-10-11-12-13-14-15-16-17-18-28(33)25-30(35)26-29(34)22-19-27-20-23-31(24-21-27)36-37(5,6)32(2,3)4/h20-21,23-24,28,30,33,35H,7-19,22,25-26H2,1-6H3/t28-,30+/m1/s1. The number of aliphatic hydroxyl groups is 2. The number of benzene rings is 1. The summed E-state index contributed by atoms with van der Waals surface area (Å²) in [6, 6.07) is 8.06. The molecule has 0 amide bonds. The van der Waals surface area contributed by atoms with Gasteiger partial charge >= 0.3 is 0 Å². The Balaban J connectivity index is 2.16. The number of Topliss-reactive ketones (excluding diaryl/α,β-unsaturated/α-hetero) is 1. The van der Waals surface area contributed by atoms with Crippen molar-refractivity contribution >= 4 is 14.1 Å². The van der Waals surface area contributed by atoms with Crippen LogP contribution in [0.3, 0.4) is 0 Å². The fourth-order valence-electron chi connectivity index (χ4n) is 4.38. The average molecular weight is 535 g/mol. The summed E-state index contributed by atoms with van der Waals surface area (Å²) >= 11 is 0. The Morgan fingerprint density at radius 2 is 1.35 bits per heavy atom. The fourth-order valence-corrected chi connectivity index (χ4v) is 5.41. The second-order valence-electron chi connectivity index (χ2n) is 12.6. The van der Waals surface area contributed by atoms with Crippen LogP contribution < -0.4 is 4.43 Å². The summed E-state index contributed by atoms with van der Waals surface area (Å²) in [4.78, 5) is 12.4. The van der Waals surface area contributed by atoms with Gasteiger partial charge in [0.2, 0.25) is 8.32 Å². The third kappa shape index (κ3) is 15.7. The lowest BCUT2D eigenvalue weighted by molar-refractivity contribution is -0.121. The summed E-state index contributed by atoms with van der Waals surface area (Å²) in [6.45, 7) is 13.4. The highest BCUT2D eigenvalue weighted by atomic mass is 28.4. The average Bonchev–Trinajstić information content (AvgIpc) is 2.81. The Hall–Kier alpha value is -1.17. The first-order valence-electron chi connectivity index (χ1n) is 15.1. The molecule has 0 bridgehead atoms. The molecule has 0 aliphatic carbocycles. The van der Waals surface area contributed by atoms with E-state index in [1.807, 2.05) is 24.3 Å². The first kappa shape index (κ1) is 33.9. The van der Waals surface area contributed by atoms with Crippen molar-refractivity contribution in [1.29, 1.82) is 0 Å². The van der Waals surface area contributed by atoms with Crippen molar-refractivity contribution in [3.63, 3.8) is 0 Å². The Labute approximate surface area is 229 Å². The van der Waals surface area contributed by atoms with E-state index in [1.54, 1.807) is 0 Å². The molecule has 5 heteroatoms. The lowest BCUT2D eigenvalue weighted by atomic mass is 9.98. The van der Waals surface area contributed by atoms with Crippen molar-refractivity contribution in [3.05, 3.63) is 29.8 Å². The summed E-state index contributed by atoms with van der Waals surface area (Å²) < 4.78 is 6.32. The third-order valence-electron chi connectivity index (χ3n) is 7.94. The highest BCUT2D eigenvalue weighted by molar-refractivity contribution is 6.74. The molecule has 1 aromatic carbocycles. The van der Waals surface area contributed by atoms with E-state index in [0.29, 0.717) is 25.7 Å². The van der Waals surface area contributed by atoms with E-state index in [0.717, 1.165) is 24.2 Å². The lowest BCUT2D eigenvalue weighted by Crippen LogP contribution is -2.43. The molecule has 1 aromatic rings. The van der Waals surface area contributed by atoms with E-state index in [-0.39, 0.29) is 17.2 Å². The van der Waals surface area contributed by atoms with Crippen molar-refractivity contribution in [2.24, 2.45) is 0 Å². The molecule has 0 saturated heterocycles. The molecule has 2 atom stereocenters. The molecule has 4 nitrogen and oxygen atoms in total. The predicted molar refractivity (Wildman–Crippen MR) is 160 cm³/mol. The molecule has 0 unspecified atom stereocenters. The quantitative estimate of drug-likeness (QED) is 0.122. The van der Waals surface area contributed by atoms with Crippen molar-refractivity contribution in [2.45, 2.75) is 161 Å². The summed E-state index contributed by atoms with van der Waals surface area (Å²) in [5.74, 6) is 0.944. The molecule has 0 aliphatic rings. The summed E-state index contributed by atoms with van der Waals surface area (Å²) in [6.07, 6.45) is 15.1. The predicted octanol–water partition coefficient (Wildman–Crippen LogP) is 8.78. The number of ketones is 1. The van der Waals surface area contributed by atoms with Crippen molar-refractivity contribution < 1.29 is 19.4 Å². The maximum Gasteiger partial charge on any atom is 0.250 e. The van der Waals surface area contributed by atoms with Gasteiger partial charge in [-0.3, -0.25) is 4.79 Å². The van der Waals surface area contributed by atoms with Gasteiger partial charge in [0.1, 0.15) is 11.5 Å². The number of aliphatic hydroxyl groups excluding tert-OH is 2. The van der Waals surface area contributed by atoms with E-state index < -0.39 is 20.5 Å². The third-order valence-corrected chi connectivity index (χ3v) is 12.3. The Bertz CT molecular complexity index is 723. The van der Waals surface area contributed by atoms with E-state index in [1.165, 1.54) is 57.8 Å². The first-order chi connectivity index (χ1) is 17.4. The smallest absolute Gasteiger partial charge is 0.250 e. The van der Waals surface area contributed by atoms with E-state index in [4.69, 9.17) is 4.43 Å². The minimum absolute atomic E-state index is 0.0518. The maximum atomic E-state index is 12.4. The second-order valence-corrected chi connectivity index (χ2v) is 17.3. The molecule has 0 heterocycles. The molecule has 2 N–H and O–H groups in total. The Morgan fingerprint density at radius 1 is 0.838 bits per heavy atom. The molecular weight excluding hydrogens is 476 g/mol. The van der Waals surface area contributed by atoms with E-state index in [9.17, 15) is 15.0 Å². The number of carbonyl (C=O) groups excluding carboxylic acids is 1. The van der Waals surface area contributed by atoms with Crippen LogP contribution in [0.4, 0.5) is 0 Å². The zero-order chi connectivity index (χ0) is 27.7. The van der Waals surface area contributed by atoms with Gasteiger partial charge in [-0.1, -0.05) is 110 Å². The van der Waals surface area contributed by atoms with Gasteiger partial charge in [-0.25, -0.2) is 0 Å². The lowest BCUT2D eigenvalue weighted by Gasteiger charge is -2.36. The molecule has 0 spiro atoms. The second kappa shape index (κ2) is 18.2. The van der Waals surface area contributed by atoms with Crippen LogP contribution in [-0.4, -0.2) is 36.5 Å². The van der Waals surface area contributed by atoms with Crippen LogP contribution >= 0.6 is 0 Å². The molecule has 0 saturated carbocycles. The summed E-state index contributed by atoms with van der Waals surface area (Å²) in [5.41, 5.74) is 1.10. The monoisotopic (exact) mass is 534 g/mol. The van der Waals surface area contributed by atoms with Gasteiger partial charge in [-0.05, 0) is 55.1 Å². The van der Waals surface area contributed by atoms with Crippen molar-refractivity contribution in [2.75, 3.05) is 0 Å². The van der Waals surface area contributed by atoms with Crippen LogP contribution in [0, 0.1) is 0 Å². The zero-order valence-electron chi connectivity index (χ0n) is 25.0. The number of carbonyl (C=O) groups is 1. The normalized spacial score (nSPS) is 13.9. The number of rotatable bonds is 21. The molecule has 0 aliphatic heterocycles. The van der Waals surface area contributed by atoms with Crippen molar-refractivity contribution in [1.82, 2.24) is 0 Å².